The van der Waals surface area contributed by atoms with Crippen molar-refractivity contribution in [3.63, 3.8) is 0 Å². The topological polar surface area (TPSA) is 39.2 Å². The van der Waals surface area contributed by atoms with Gasteiger partial charge in [-0.15, -0.1) is 24.8 Å². The van der Waals surface area contributed by atoms with Gasteiger partial charge in [-0.05, 0) is 0 Å². The van der Waals surface area contributed by atoms with Crippen molar-refractivity contribution in [2.45, 2.75) is 18.4 Å². The fourth-order valence-corrected chi connectivity index (χ4v) is 1.44. The van der Waals surface area contributed by atoms with Crippen LogP contribution in [0.1, 0.15) is 21.6 Å². The average molecular weight is 308 g/mol. The maximum atomic E-state index is 12.7. The van der Waals surface area contributed by atoms with Gasteiger partial charge in [0, 0.05) is 11.8 Å². The van der Waals surface area contributed by atoms with Gasteiger partial charge in [0.15, 0.2) is 12.0 Å². The predicted octanol–water partition coefficient (Wildman–Crippen LogP) is 3.55. The monoisotopic (exact) mass is 307 g/mol. The molecule has 0 saturated carbocycles. The molecule has 0 aromatic carbocycles. The Morgan fingerprint density at radius 1 is 1.26 bits per heavy atom. The van der Waals surface area contributed by atoms with Crippen molar-refractivity contribution in [3.8, 4) is 5.75 Å². The van der Waals surface area contributed by atoms with Crippen LogP contribution in [0.4, 0.5) is 26.3 Å². The number of halogens is 7. The van der Waals surface area contributed by atoms with Gasteiger partial charge < -0.3 is 4.74 Å². The van der Waals surface area contributed by atoms with Gasteiger partial charge >= 0.3 is 12.5 Å². The van der Waals surface area contributed by atoms with Crippen LogP contribution in [0.2, 0.25) is 0 Å². The third kappa shape index (κ3) is 3.72. The highest BCUT2D eigenvalue weighted by Crippen LogP contribution is 2.41. The molecule has 0 aliphatic heterocycles. The van der Waals surface area contributed by atoms with Crippen molar-refractivity contribution >= 4 is 17.9 Å². The fourth-order valence-electron chi connectivity index (χ4n) is 1.25. The van der Waals surface area contributed by atoms with E-state index >= 15 is 0 Å². The first-order chi connectivity index (χ1) is 8.60. The summed E-state index contributed by atoms with van der Waals surface area (Å²) in [7, 11) is 0. The van der Waals surface area contributed by atoms with Crippen LogP contribution in [-0.2, 0) is 12.1 Å². The summed E-state index contributed by atoms with van der Waals surface area (Å²) in [6.07, 6.45) is -10.4. The van der Waals surface area contributed by atoms with Crippen LogP contribution in [0, 0.1) is 0 Å². The highest BCUT2D eigenvalue weighted by molar-refractivity contribution is 6.17. The van der Waals surface area contributed by atoms with E-state index in [0.717, 1.165) is 0 Å². The van der Waals surface area contributed by atoms with Gasteiger partial charge in [0.25, 0.3) is 0 Å². The summed E-state index contributed by atoms with van der Waals surface area (Å²) in [5.41, 5.74) is -3.69. The molecule has 106 valence electrons. The van der Waals surface area contributed by atoms with Crippen LogP contribution in [0.15, 0.2) is 6.20 Å². The molecule has 3 nitrogen and oxygen atoms in total. The van der Waals surface area contributed by atoms with E-state index in [-0.39, 0.29) is 6.29 Å². The minimum Gasteiger partial charge on any atom is -0.403 e. The molecule has 0 spiro atoms. The smallest absolute Gasteiger partial charge is 0.403 e. The highest BCUT2D eigenvalue weighted by atomic mass is 35.5. The number of alkyl halides is 7. The van der Waals surface area contributed by atoms with Crippen LogP contribution in [-0.4, -0.2) is 17.6 Å². The largest absolute Gasteiger partial charge is 0.573 e. The average Bonchev–Trinajstić information content (AvgIpc) is 2.24. The summed E-state index contributed by atoms with van der Waals surface area (Å²) >= 11 is 5.21. The normalized spacial score (nSPS) is 12.4. The van der Waals surface area contributed by atoms with Gasteiger partial charge in [0.1, 0.15) is 5.56 Å². The first kappa shape index (κ1) is 15.5. The molecule has 0 radical (unpaired) electrons. The number of hydrogen-bond acceptors (Lipinski definition) is 3. The maximum absolute atomic E-state index is 12.7. The molecular weight excluding hydrogens is 304 g/mol. The summed E-state index contributed by atoms with van der Waals surface area (Å²) < 4.78 is 77.8. The fraction of sp³-hybridized carbons (Fsp3) is 0.333. The number of carbonyl (C=O) groups excluding carboxylic acids is 1. The third-order valence-electron chi connectivity index (χ3n) is 1.89. The molecule has 0 aliphatic rings. The molecule has 0 N–H and O–H groups in total. The summed E-state index contributed by atoms with van der Waals surface area (Å²) in [5.74, 6) is -2.35. The number of rotatable bonds is 3. The molecule has 1 rings (SSSR count). The molecule has 0 bridgehead atoms. The van der Waals surface area contributed by atoms with Crippen LogP contribution in [0.25, 0.3) is 0 Å². The molecule has 19 heavy (non-hydrogen) atoms. The van der Waals surface area contributed by atoms with Crippen molar-refractivity contribution < 1.29 is 35.9 Å². The van der Waals surface area contributed by atoms with E-state index in [1.54, 1.807) is 0 Å². The zero-order chi connectivity index (χ0) is 14.8. The van der Waals surface area contributed by atoms with E-state index < -0.39 is 41.0 Å². The van der Waals surface area contributed by atoms with Crippen molar-refractivity contribution in [1.29, 1.82) is 0 Å². The second-order valence-electron chi connectivity index (χ2n) is 3.16. The maximum Gasteiger partial charge on any atom is 0.573 e. The molecule has 10 heteroatoms. The zero-order valence-corrected chi connectivity index (χ0v) is 9.53. The number of nitrogens with zero attached hydrogens (tertiary/aromatic N) is 1. The lowest BCUT2D eigenvalue weighted by Gasteiger charge is -2.18. The van der Waals surface area contributed by atoms with Gasteiger partial charge in [-0.2, -0.15) is 13.2 Å². The van der Waals surface area contributed by atoms with Crippen molar-refractivity contribution in [1.82, 2.24) is 4.98 Å². The van der Waals surface area contributed by atoms with Gasteiger partial charge in [-0.3, -0.25) is 9.78 Å². The lowest BCUT2D eigenvalue weighted by atomic mass is 10.1. The van der Waals surface area contributed by atoms with Crippen molar-refractivity contribution in [2.24, 2.45) is 0 Å². The summed E-state index contributed by atoms with van der Waals surface area (Å²) in [6, 6.07) is 0. The van der Waals surface area contributed by atoms with Gasteiger partial charge in [0.2, 0.25) is 0 Å². The number of pyridine rings is 1. The molecule has 1 aromatic rings. The van der Waals surface area contributed by atoms with Crippen LogP contribution < -0.4 is 4.74 Å². The van der Waals surface area contributed by atoms with E-state index in [1.807, 2.05) is 0 Å². The number of carbonyl (C=O) groups is 1. The van der Waals surface area contributed by atoms with Crippen molar-refractivity contribution in [3.05, 3.63) is 23.0 Å². The Morgan fingerprint density at radius 3 is 2.21 bits per heavy atom. The van der Waals surface area contributed by atoms with Gasteiger partial charge in [-0.1, -0.05) is 0 Å². The Bertz CT molecular complexity index is 485. The predicted molar refractivity (Wildman–Crippen MR) is 50.9 cm³/mol. The number of aldehydes is 1. The van der Waals surface area contributed by atoms with E-state index in [2.05, 4.69) is 9.72 Å². The molecule has 0 aliphatic carbocycles. The Kier molecular flexibility index (Phi) is 4.28. The number of ether oxygens (including phenoxy) is 1. The summed E-state index contributed by atoms with van der Waals surface area (Å²) in [6.45, 7) is 0. The minimum absolute atomic E-state index is 0.267. The van der Waals surface area contributed by atoms with E-state index in [0.29, 0.717) is 6.20 Å². The minimum atomic E-state index is -5.37. The molecule has 0 amide bonds. The van der Waals surface area contributed by atoms with Crippen LogP contribution in [0.3, 0.4) is 0 Å². The molecule has 0 atom stereocenters. The summed E-state index contributed by atoms with van der Waals surface area (Å²) in [4.78, 5) is 13.7. The van der Waals surface area contributed by atoms with Gasteiger partial charge in [-0.25, -0.2) is 0 Å². The van der Waals surface area contributed by atoms with E-state index in [1.165, 1.54) is 0 Å². The Labute approximate surface area is 107 Å². The first-order valence-electron chi connectivity index (χ1n) is 4.46. The van der Waals surface area contributed by atoms with E-state index in [4.69, 9.17) is 11.6 Å². The molecular formula is C9H4ClF6NO2. The first-order valence-corrected chi connectivity index (χ1v) is 4.99. The Hall–Kier alpha value is -1.51. The van der Waals surface area contributed by atoms with E-state index in [9.17, 15) is 31.1 Å². The van der Waals surface area contributed by atoms with Crippen molar-refractivity contribution in [2.75, 3.05) is 0 Å². The highest BCUT2D eigenvalue weighted by Gasteiger charge is 2.43. The standard InChI is InChI=1S/C9H4ClF6NO2/c10-1-5-7(19-9(14,15)16)6(8(11,12)13)4(3-18)2-17-5/h2-3H,1H2. The van der Waals surface area contributed by atoms with Crippen LogP contribution >= 0.6 is 11.6 Å². The van der Waals surface area contributed by atoms with Crippen LogP contribution in [0.5, 0.6) is 5.75 Å². The Morgan fingerprint density at radius 2 is 1.84 bits per heavy atom. The lowest BCUT2D eigenvalue weighted by Crippen LogP contribution is -2.23. The molecule has 0 fully saturated rings. The second kappa shape index (κ2) is 5.24. The number of hydrogen-bond donors (Lipinski definition) is 0. The number of aromatic nitrogens is 1. The quantitative estimate of drug-likeness (QED) is 0.487. The Balaban J connectivity index is 3.57. The molecule has 1 heterocycles. The second-order valence-corrected chi connectivity index (χ2v) is 3.43. The zero-order valence-electron chi connectivity index (χ0n) is 8.77. The molecule has 1 aromatic heterocycles. The lowest BCUT2D eigenvalue weighted by molar-refractivity contribution is -0.276. The molecule has 0 saturated heterocycles. The van der Waals surface area contributed by atoms with Gasteiger partial charge in [0.05, 0.1) is 11.6 Å². The SMILES string of the molecule is O=Cc1cnc(CCl)c(OC(F)(F)F)c1C(F)(F)F. The third-order valence-corrected chi connectivity index (χ3v) is 2.15. The molecule has 0 unspecified atom stereocenters. The summed E-state index contributed by atoms with van der Waals surface area (Å²) in [5, 5.41) is 0.